The van der Waals surface area contributed by atoms with Crippen molar-refractivity contribution >= 4 is 45.9 Å². The number of para-hydroxylation sites is 1. The molecule has 0 bridgehead atoms. The van der Waals surface area contributed by atoms with Gasteiger partial charge in [0.25, 0.3) is 0 Å². The zero-order chi connectivity index (χ0) is 16.5. The number of benzene rings is 1. The van der Waals surface area contributed by atoms with E-state index in [1.807, 2.05) is 31.2 Å². The second kappa shape index (κ2) is 11.9. The van der Waals surface area contributed by atoms with E-state index in [9.17, 15) is 0 Å². The van der Waals surface area contributed by atoms with Gasteiger partial charge in [0.15, 0.2) is 5.96 Å². The van der Waals surface area contributed by atoms with Crippen LogP contribution in [0.3, 0.4) is 0 Å². The normalized spacial score (nSPS) is 15.4. The molecular weight excluding hydrogens is 485 g/mol. The maximum Gasteiger partial charge on any atom is 0.191 e. The third-order valence-electron chi connectivity index (χ3n) is 3.53. The molecule has 0 radical (unpaired) electrons. The van der Waals surface area contributed by atoms with Gasteiger partial charge in [0, 0.05) is 20.2 Å². The number of ether oxygens (including phenoxy) is 2. The first-order valence-electron chi connectivity index (χ1n) is 8.12. The molecule has 0 spiro atoms. The fourth-order valence-corrected chi connectivity index (χ4v) is 2.41. The van der Waals surface area contributed by atoms with E-state index >= 15 is 0 Å². The van der Waals surface area contributed by atoms with Crippen molar-refractivity contribution in [3.05, 3.63) is 28.7 Å². The summed E-state index contributed by atoms with van der Waals surface area (Å²) in [6.45, 7) is 5.05. The molecule has 5 nitrogen and oxygen atoms in total. The number of hydrogen-bond donors (Lipinski definition) is 2. The lowest BCUT2D eigenvalue weighted by atomic mass is 10.3. The lowest BCUT2D eigenvalue weighted by Crippen LogP contribution is -2.42. The summed E-state index contributed by atoms with van der Waals surface area (Å²) in [6.07, 6.45) is 2.68. The maximum absolute atomic E-state index is 5.90. The number of aliphatic imine (C=N–C) groups is 1. The van der Waals surface area contributed by atoms with Gasteiger partial charge in [0.05, 0.1) is 17.6 Å². The van der Waals surface area contributed by atoms with E-state index in [1.54, 1.807) is 7.05 Å². The topological polar surface area (TPSA) is 54.9 Å². The van der Waals surface area contributed by atoms with E-state index in [2.05, 4.69) is 31.6 Å². The third-order valence-corrected chi connectivity index (χ3v) is 4.19. The molecule has 1 saturated carbocycles. The summed E-state index contributed by atoms with van der Waals surface area (Å²) in [5, 5.41) is 6.51. The highest BCUT2D eigenvalue weighted by Gasteiger charge is 2.20. The van der Waals surface area contributed by atoms with Crippen LogP contribution in [0.5, 0.6) is 5.75 Å². The van der Waals surface area contributed by atoms with E-state index in [0.717, 1.165) is 35.3 Å². The average molecular weight is 512 g/mol. The van der Waals surface area contributed by atoms with Crippen LogP contribution in [0.15, 0.2) is 33.7 Å². The van der Waals surface area contributed by atoms with Crippen molar-refractivity contribution in [1.82, 2.24) is 10.6 Å². The lowest BCUT2D eigenvalue weighted by molar-refractivity contribution is 0.129. The Labute approximate surface area is 170 Å². The highest BCUT2D eigenvalue weighted by Crippen LogP contribution is 2.28. The first-order chi connectivity index (χ1) is 11.2. The van der Waals surface area contributed by atoms with Crippen LogP contribution in [0.25, 0.3) is 0 Å². The second-order valence-electron chi connectivity index (χ2n) is 5.76. The van der Waals surface area contributed by atoms with E-state index in [-0.39, 0.29) is 30.1 Å². The molecule has 0 aliphatic heterocycles. The molecule has 7 heteroatoms. The van der Waals surface area contributed by atoms with Crippen LogP contribution in [0, 0.1) is 5.92 Å². The van der Waals surface area contributed by atoms with Crippen molar-refractivity contribution in [1.29, 1.82) is 0 Å². The molecule has 1 aliphatic carbocycles. The lowest BCUT2D eigenvalue weighted by Gasteiger charge is -2.18. The number of halogens is 2. The van der Waals surface area contributed by atoms with Crippen molar-refractivity contribution in [2.45, 2.75) is 25.9 Å². The SMILES string of the molecule is CN=C(NCCOCC1CC1)NCC(C)Oc1ccccc1Br.I. The van der Waals surface area contributed by atoms with E-state index < -0.39 is 0 Å². The van der Waals surface area contributed by atoms with Gasteiger partial charge in [-0.25, -0.2) is 0 Å². The summed E-state index contributed by atoms with van der Waals surface area (Å²) in [7, 11) is 1.76. The molecule has 0 aromatic heterocycles. The van der Waals surface area contributed by atoms with Gasteiger partial charge in [0.1, 0.15) is 11.9 Å². The molecule has 0 amide bonds. The minimum atomic E-state index is 0. The molecule has 1 atom stereocenters. The van der Waals surface area contributed by atoms with E-state index in [4.69, 9.17) is 9.47 Å². The van der Waals surface area contributed by atoms with Gasteiger partial charge in [-0.05, 0) is 53.7 Å². The summed E-state index contributed by atoms with van der Waals surface area (Å²) in [6, 6.07) is 7.85. The predicted molar refractivity (Wildman–Crippen MR) is 113 cm³/mol. The molecule has 24 heavy (non-hydrogen) atoms. The standard InChI is InChI=1S/C17H26BrN3O2.HI/c1-13(23-16-6-4-3-5-15(16)18)11-21-17(19-2)20-9-10-22-12-14-7-8-14;/h3-6,13-14H,7-12H2,1-2H3,(H2,19,20,21);1H. The van der Waals surface area contributed by atoms with Crippen LogP contribution < -0.4 is 15.4 Å². The largest absolute Gasteiger partial charge is 0.488 e. The maximum atomic E-state index is 5.90. The third kappa shape index (κ3) is 8.53. The minimum Gasteiger partial charge on any atom is -0.488 e. The Morgan fingerprint density at radius 3 is 2.75 bits per heavy atom. The molecule has 136 valence electrons. The summed E-state index contributed by atoms with van der Waals surface area (Å²) in [4.78, 5) is 4.20. The summed E-state index contributed by atoms with van der Waals surface area (Å²) in [5.74, 6) is 2.42. The van der Waals surface area contributed by atoms with Gasteiger partial charge < -0.3 is 20.1 Å². The van der Waals surface area contributed by atoms with Gasteiger partial charge in [-0.3, -0.25) is 4.99 Å². The number of rotatable bonds is 9. The van der Waals surface area contributed by atoms with Crippen LogP contribution in [0.1, 0.15) is 19.8 Å². The van der Waals surface area contributed by atoms with Crippen LogP contribution >= 0.6 is 39.9 Å². The fourth-order valence-electron chi connectivity index (χ4n) is 2.04. The summed E-state index contributed by atoms with van der Waals surface area (Å²) >= 11 is 3.49. The molecular formula is C17H27BrIN3O2. The average Bonchev–Trinajstić information content (AvgIpc) is 3.36. The molecule has 2 N–H and O–H groups in total. The van der Waals surface area contributed by atoms with Crippen LogP contribution in [0.2, 0.25) is 0 Å². The van der Waals surface area contributed by atoms with Crippen LogP contribution in [0.4, 0.5) is 0 Å². The highest BCUT2D eigenvalue weighted by molar-refractivity contribution is 14.0. The number of nitrogens with zero attached hydrogens (tertiary/aromatic N) is 1. The van der Waals surface area contributed by atoms with Crippen molar-refractivity contribution in [2.24, 2.45) is 10.9 Å². The molecule has 0 heterocycles. The van der Waals surface area contributed by atoms with E-state index in [0.29, 0.717) is 13.2 Å². The van der Waals surface area contributed by atoms with Crippen molar-refractivity contribution in [3.63, 3.8) is 0 Å². The van der Waals surface area contributed by atoms with Crippen LogP contribution in [-0.2, 0) is 4.74 Å². The zero-order valence-corrected chi connectivity index (χ0v) is 18.2. The van der Waals surface area contributed by atoms with Gasteiger partial charge in [-0.2, -0.15) is 0 Å². The van der Waals surface area contributed by atoms with Gasteiger partial charge in [0.2, 0.25) is 0 Å². The first kappa shape index (κ1) is 21.5. The number of nitrogens with one attached hydrogen (secondary N) is 2. The van der Waals surface area contributed by atoms with Crippen molar-refractivity contribution < 1.29 is 9.47 Å². The molecule has 1 unspecified atom stereocenters. The molecule has 2 rings (SSSR count). The Balaban J connectivity index is 0.00000288. The molecule has 1 aromatic rings. The Kier molecular flexibility index (Phi) is 10.7. The summed E-state index contributed by atoms with van der Waals surface area (Å²) in [5.41, 5.74) is 0. The molecule has 0 saturated heterocycles. The van der Waals surface area contributed by atoms with E-state index in [1.165, 1.54) is 12.8 Å². The van der Waals surface area contributed by atoms with Crippen molar-refractivity contribution in [2.75, 3.05) is 33.4 Å². The fraction of sp³-hybridized carbons (Fsp3) is 0.588. The van der Waals surface area contributed by atoms with Crippen molar-refractivity contribution in [3.8, 4) is 5.75 Å². The Morgan fingerprint density at radius 1 is 1.33 bits per heavy atom. The predicted octanol–water partition coefficient (Wildman–Crippen LogP) is 3.43. The summed E-state index contributed by atoms with van der Waals surface area (Å²) < 4.78 is 12.5. The number of hydrogen-bond acceptors (Lipinski definition) is 3. The van der Waals surface area contributed by atoms with Gasteiger partial charge in [-0.15, -0.1) is 24.0 Å². The monoisotopic (exact) mass is 511 g/mol. The zero-order valence-electron chi connectivity index (χ0n) is 14.3. The number of guanidine groups is 1. The highest BCUT2D eigenvalue weighted by atomic mass is 127. The Morgan fingerprint density at radius 2 is 2.08 bits per heavy atom. The Hall–Kier alpha value is -0.540. The molecule has 1 aromatic carbocycles. The Bertz CT molecular complexity index is 512. The molecule has 1 aliphatic rings. The van der Waals surface area contributed by atoms with Crippen LogP contribution in [-0.4, -0.2) is 45.4 Å². The van der Waals surface area contributed by atoms with Gasteiger partial charge in [-0.1, -0.05) is 12.1 Å². The minimum absolute atomic E-state index is 0. The second-order valence-corrected chi connectivity index (χ2v) is 6.61. The smallest absolute Gasteiger partial charge is 0.191 e. The molecule has 1 fully saturated rings. The first-order valence-corrected chi connectivity index (χ1v) is 8.91. The van der Waals surface area contributed by atoms with Gasteiger partial charge >= 0.3 is 0 Å². The quantitative estimate of drug-likeness (QED) is 0.231.